The number of piperazine rings is 1. The summed E-state index contributed by atoms with van der Waals surface area (Å²) in [6.07, 6.45) is 12.1. The topological polar surface area (TPSA) is 129 Å². The highest BCUT2D eigenvalue weighted by Crippen LogP contribution is 2.28. The number of esters is 1. The maximum atomic E-state index is 13.4. The number of halogens is 1. The van der Waals surface area contributed by atoms with Crippen LogP contribution >= 0.6 is 0 Å². The van der Waals surface area contributed by atoms with Crippen molar-refractivity contribution in [1.82, 2.24) is 14.7 Å². The standard InChI is InChI=1S/C38H60FN3O8/c1-27(26-48-36(45)42-19-17-30(39)25-42)10-9-11-28(2)35-29(3)14-15-33(38(4,47)18-16-32(43)24-34(44)50-35)49-37(46)41-22-20-40(21-23-41)31-12-7-5-6-8-13-31/h9-11,14-15,27,29-33,35,43,47H,5-8,12-13,16-26H2,1-4H3/b10-9+,15-14-,28-11+/t27-,29+,30-,32-,33+,35-,38-/m1/s1. The van der Waals surface area contributed by atoms with Crippen LogP contribution in [0.1, 0.15) is 91.9 Å². The number of aliphatic hydroxyl groups is 2. The van der Waals surface area contributed by atoms with Crippen LogP contribution in [0.15, 0.2) is 36.0 Å². The highest BCUT2D eigenvalue weighted by atomic mass is 19.1. The smallest absolute Gasteiger partial charge is 0.410 e. The number of alkyl halides is 1. The third-order valence-corrected chi connectivity index (χ3v) is 10.6. The van der Waals surface area contributed by atoms with Crippen molar-refractivity contribution in [2.75, 3.05) is 45.9 Å². The number of likely N-dealkylation sites (tertiary alicyclic amines) is 1. The van der Waals surface area contributed by atoms with Crippen molar-refractivity contribution in [3.63, 3.8) is 0 Å². The number of hydrogen-bond acceptors (Lipinski definition) is 9. The van der Waals surface area contributed by atoms with Crippen molar-refractivity contribution < 1.29 is 43.2 Å². The summed E-state index contributed by atoms with van der Waals surface area (Å²) in [5, 5.41) is 22.2. The molecule has 4 aliphatic rings. The Bertz CT molecular complexity index is 1210. The highest BCUT2D eigenvalue weighted by molar-refractivity contribution is 5.70. The zero-order chi connectivity index (χ0) is 36.3. The molecule has 12 heteroatoms. The number of carbonyl (C=O) groups excluding carboxylic acids is 3. The summed E-state index contributed by atoms with van der Waals surface area (Å²) in [5.74, 6) is -1.03. The van der Waals surface area contributed by atoms with Gasteiger partial charge in [0.25, 0.3) is 0 Å². The molecule has 1 saturated carbocycles. The second-order valence-electron chi connectivity index (χ2n) is 15.1. The second-order valence-corrected chi connectivity index (χ2v) is 15.1. The molecule has 0 radical (unpaired) electrons. The van der Waals surface area contributed by atoms with Crippen LogP contribution in [0.5, 0.6) is 0 Å². The van der Waals surface area contributed by atoms with Gasteiger partial charge in [0.15, 0.2) is 6.10 Å². The van der Waals surface area contributed by atoms with E-state index in [0.717, 1.165) is 18.7 Å². The first kappa shape index (κ1) is 39.8. The fourth-order valence-corrected chi connectivity index (χ4v) is 7.25. The summed E-state index contributed by atoms with van der Waals surface area (Å²) < 4.78 is 30.6. The molecule has 2 saturated heterocycles. The first-order chi connectivity index (χ1) is 23.8. The van der Waals surface area contributed by atoms with Crippen LogP contribution in [0.3, 0.4) is 0 Å². The second kappa shape index (κ2) is 19.0. The van der Waals surface area contributed by atoms with Crippen molar-refractivity contribution in [2.24, 2.45) is 11.8 Å². The van der Waals surface area contributed by atoms with Crippen molar-refractivity contribution >= 4 is 18.2 Å². The zero-order valence-corrected chi connectivity index (χ0v) is 30.5. The summed E-state index contributed by atoms with van der Waals surface area (Å²) in [6.45, 7) is 10.5. The lowest BCUT2D eigenvalue weighted by molar-refractivity contribution is -0.151. The van der Waals surface area contributed by atoms with E-state index in [1.807, 2.05) is 39.0 Å². The van der Waals surface area contributed by atoms with Gasteiger partial charge in [-0.15, -0.1) is 0 Å². The monoisotopic (exact) mass is 705 g/mol. The first-order valence-electron chi connectivity index (χ1n) is 18.7. The van der Waals surface area contributed by atoms with E-state index in [9.17, 15) is 29.0 Å². The molecular formula is C38H60FN3O8. The van der Waals surface area contributed by atoms with Crippen molar-refractivity contribution in [2.45, 2.75) is 128 Å². The minimum absolute atomic E-state index is 0.0626. The third-order valence-electron chi connectivity index (χ3n) is 10.6. The Kier molecular flexibility index (Phi) is 15.2. The van der Waals surface area contributed by atoms with Gasteiger partial charge in [0.05, 0.1) is 25.7 Å². The number of hydrogen-bond donors (Lipinski definition) is 2. The quantitative estimate of drug-likeness (QED) is 0.115. The Morgan fingerprint density at radius 3 is 2.40 bits per heavy atom. The van der Waals surface area contributed by atoms with E-state index < -0.39 is 48.2 Å². The fourth-order valence-electron chi connectivity index (χ4n) is 7.25. The molecule has 0 aromatic heterocycles. The molecule has 4 rings (SSSR count). The number of amides is 2. The molecule has 3 fully saturated rings. The molecule has 2 amide bonds. The maximum absolute atomic E-state index is 13.4. The molecule has 2 N–H and O–H groups in total. The lowest BCUT2D eigenvalue weighted by Crippen LogP contribution is -2.53. The van der Waals surface area contributed by atoms with E-state index in [1.165, 1.54) is 43.4 Å². The predicted molar refractivity (Wildman–Crippen MR) is 188 cm³/mol. The molecular weight excluding hydrogens is 645 g/mol. The van der Waals surface area contributed by atoms with E-state index >= 15 is 0 Å². The molecule has 0 aromatic carbocycles. The van der Waals surface area contributed by atoms with Crippen LogP contribution < -0.4 is 0 Å². The van der Waals surface area contributed by atoms with E-state index in [1.54, 1.807) is 24.0 Å². The Hall–Kier alpha value is -2.96. The minimum Gasteiger partial charge on any atom is -0.457 e. The van der Waals surface area contributed by atoms with Gasteiger partial charge in [-0.2, -0.15) is 0 Å². The normalized spacial score (nSPS) is 32.8. The number of nitrogens with zero attached hydrogens (tertiary/aromatic N) is 3. The lowest BCUT2D eigenvalue weighted by atomic mass is 9.89. The van der Waals surface area contributed by atoms with Crippen LogP contribution in [-0.4, -0.2) is 125 Å². The Labute approximate surface area is 297 Å². The van der Waals surface area contributed by atoms with Crippen LogP contribution in [0.4, 0.5) is 14.0 Å². The summed E-state index contributed by atoms with van der Waals surface area (Å²) >= 11 is 0. The number of ether oxygens (including phenoxy) is 3. The van der Waals surface area contributed by atoms with E-state index in [-0.39, 0.29) is 44.2 Å². The Morgan fingerprint density at radius 1 is 1.04 bits per heavy atom. The first-order valence-corrected chi connectivity index (χ1v) is 18.7. The molecule has 282 valence electrons. The van der Waals surface area contributed by atoms with Crippen molar-refractivity contribution in [1.29, 1.82) is 0 Å². The van der Waals surface area contributed by atoms with Gasteiger partial charge >= 0.3 is 18.2 Å². The average Bonchev–Trinajstić information content (AvgIpc) is 3.34. The molecule has 7 atom stereocenters. The van der Waals surface area contributed by atoms with Gasteiger partial charge in [-0.25, -0.2) is 14.0 Å². The number of carbonyl (C=O) groups is 3. The van der Waals surface area contributed by atoms with Gasteiger partial charge < -0.3 is 34.2 Å². The number of aliphatic hydroxyl groups excluding tert-OH is 1. The summed E-state index contributed by atoms with van der Waals surface area (Å²) in [7, 11) is 0. The van der Waals surface area contributed by atoms with Gasteiger partial charge in [0.2, 0.25) is 0 Å². The number of rotatable bonds is 7. The van der Waals surface area contributed by atoms with Gasteiger partial charge in [-0.1, -0.05) is 63.8 Å². The zero-order valence-electron chi connectivity index (χ0n) is 30.5. The SMILES string of the molecule is C/C(=C\C=C\[C@@H](C)COC(=O)N1CC[C@@H](F)C1)[C@H]1OC(=O)C[C@H](O)CC[C@@](C)(O)[C@@H](OC(=O)N2CCN(C3CCCCCC3)CC2)/C=C\[C@@H]1C. The molecule has 0 aromatic rings. The molecule has 3 heterocycles. The average molecular weight is 706 g/mol. The van der Waals surface area contributed by atoms with Crippen molar-refractivity contribution in [3.05, 3.63) is 36.0 Å². The van der Waals surface area contributed by atoms with Crippen LogP contribution in [0, 0.1) is 11.8 Å². The highest BCUT2D eigenvalue weighted by Gasteiger charge is 2.37. The number of cyclic esters (lactones) is 1. The van der Waals surface area contributed by atoms with Crippen molar-refractivity contribution in [3.8, 4) is 0 Å². The van der Waals surface area contributed by atoms with Gasteiger partial charge in [0, 0.05) is 50.6 Å². The fraction of sp³-hybridized carbons (Fsp3) is 0.763. The third kappa shape index (κ3) is 12.1. The number of allylic oxidation sites excluding steroid dienone is 2. The molecule has 0 spiro atoms. The molecule has 11 nitrogen and oxygen atoms in total. The van der Waals surface area contributed by atoms with Gasteiger partial charge in [-0.05, 0) is 57.6 Å². The lowest BCUT2D eigenvalue weighted by Gasteiger charge is -2.40. The molecule has 3 aliphatic heterocycles. The van der Waals surface area contributed by atoms with E-state index in [2.05, 4.69) is 4.90 Å². The molecule has 0 unspecified atom stereocenters. The largest absolute Gasteiger partial charge is 0.457 e. The maximum Gasteiger partial charge on any atom is 0.410 e. The molecule has 50 heavy (non-hydrogen) atoms. The van der Waals surface area contributed by atoms with Crippen LogP contribution in [0.25, 0.3) is 0 Å². The van der Waals surface area contributed by atoms with Crippen LogP contribution in [0.2, 0.25) is 0 Å². The van der Waals surface area contributed by atoms with E-state index in [4.69, 9.17) is 14.2 Å². The van der Waals surface area contributed by atoms with Gasteiger partial charge in [0.1, 0.15) is 17.9 Å². The summed E-state index contributed by atoms with van der Waals surface area (Å²) in [4.78, 5) is 44.1. The molecule has 1 aliphatic carbocycles. The predicted octanol–water partition coefficient (Wildman–Crippen LogP) is 5.55. The molecule has 0 bridgehead atoms. The van der Waals surface area contributed by atoms with Crippen LogP contribution in [-0.2, 0) is 19.0 Å². The summed E-state index contributed by atoms with van der Waals surface area (Å²) in [5.41, 5.74) is -0.746. The van der Waals surface area contributed by atoms with Gasteiger partial charge in [-0.3, -0.25) is 9.69 Å². The Morgan fingerprint density at radius 2 is 1.74 bits per heavy atom. The Balaban J connectivity index is 1.39. The minimum atomic E-state index is -1.48. The van der Waals surface area contributed by atoms with E-state index in [0.29, 0.717) is 32.1 Å². The summed E-state index contributed by atoms with van der Waals surface area (Å²) in [6, 6.07) is 0.578.